The third-order valence-electron chi connectivity index (χ3n) is 11.3. The quantitative estimate of drug-likeness (QED) is 0.402. The van der Waals surface area contributed by atoms with Crippen molar-refractivity contribution in [2.75, 3.05) is 31.6 Å². The summed E-state index contributed by atoms with van der Waals surface area (Å²) in [5.74, 6) is 1.58. The predicted octanol–water partition coefficient (Wildman–Crippen LogP) is 5.16. The second-order valence-corrected chi connectivity index (χ2v) is 13.7. The molecule has 3 fully saturated rings. The number of phenolic OH excluding ortho intramolecular Hbond substituents is 1. The number of hydrogen-bond donors (Lipinski definition) is 1. The van der Waals surface area contributed by atoms with Gasteiger partial charge in [0.2, 0.25) is 5.95 Å². The first-order valence-corrected chi connectivity index (χ1v) is 16.2. The van der Waals surface area contributed by atoms with E-state index in [4.69, 9.17) is 14.7 Å². The minimum atomic E-state index is -0.0269. The highest BCUT2D eigenvalue weighted by Crippen LogP contribution is 2.60. The van der Waals surface area contributed by atoms with Gasteiger partial charge in [-0.05, 0) is 100 Å². The molecule has 5 aliphatic rings. The second-order valence-electron chi connectivity index (χ2n) is 13.7. The molecule has 0 bridgehead atoms. The van der Waals surface area contributed by atoms with Crippen LogP contribution < -0.4 is 4.90 Å². The van der Waals surface area contributed by atoms with Gasteiger partial charge in [-0.3, -0.25) is 4.79 Å². The van der Waals surface area contributed by atoms with E-state index in [0.29, 0.717) is 28.6 Å². The summed E-state index contributed by atoms with van der Waals surface area (Å²) in [6.07, 6.45) is 10.5. The Morgan fingerprint density at radius 1 is 1.02 bits per heavy atom. The molecule has 4 heterocycles. The lowest BCUT2D eigenvalue weighted by Gasteiger charge is -2.60. The molecule has 1 saturated heterocycles. The molecule has 1 aromatic carbocycles. The first-order chi connectivity index (χ1) is 21.4. The molecule has 0 amide bonds. The zero-order chi connectivity index (χ0) is 30.0. The Kier molecular flexibility index (Phi) is 6.70. The Bertz CT molecular complexity index is 1630. The molecular weight excluding hydrogens is 552 g/mol. The van der Waals surface area contributed by atoms with Gasteiger partial charge in [-0.15, -0.1) is 0 Å². The molecule has 1 N–H and O–H groups in total. The summed E-state index contributed by atoms with van der Waals surface area (Å²) in [6, 6.07) is 12.3. The highest BCUT2D eigenvalue weighted by atomic mass is 16.5. The van der Waals surface area contributed by atoms with Crippen LogP contribution in [-0.2, 0) is 16.0 Å². The van der Waals surface area contributed by atoms with Crippen molar-refractivity contribution in [3.05, 3.63) is 65.1 Å². The predicted molar refractivity (Wildman–Crippen MR) is 167 cm³/mol. The van der Waals surface area contributed by atoms with Crippen LogP contribution in [0.5, 0.6) is 5.75 Å². The summed E-state index contributed by atoms with van der Waals surface area (Å²) in [4.78, 5) is 26.8. The third-order valence-corrected chi connectivity index (χ3v) is 11.3. The Hall–Kier alpha value is -3.85. The maximum Gasteiger partial charge on any atom is 0.308 e. The van der Waals surface area contributed by atoms with E-state index < -0.39 is 0 Å². The fourth-order valence-electron chi connectivity index (χ4n) is 8.85. The number of aromatic hydroxyl groups is 1. The molecule has 2 aliphatic heterocycles. The number of aromatic nitrogens is 4. The standard InChI is InChI=1S/C35H40N6O3/c1-21-32-23(15-29-27(32)16-30(39-38-29)26-5-3-4-6-31(26)42)10-14-41(21)34-36-11-7-28(37-34)22-8-12-40(13-9-22)25-19-35(20-25)17-24(18-35)33(43)44-2/h3-7,11,16,21-22,24-25,42H,8-10,12-15,17-20H2,1-2H3/t21-,24?,25?,35?/m1/s1. The molecule has 0 radical (unpaired) electrons. The molecule has 0 unspecified atom stereocenters. The van der Waals surface area contributed by atoms with Gasteiger partial charge in [-0.25, -0.2) is 9.97 Å². The normalized spacial score (nSPS) is 28.3. The average Bonchev–Trinajstić information content (AvgIpc) is 3.39. The lowest BCUT2D eigenvalue weighted by atomic mass is 9.49. The summed E-state index contributed by atoms with van der Waals surface area (Å²) in [7, 11) is 1.50. The number of carbonyl (C=O) groups excluding carboxylic acids is 1. The van der Waals surface area contributed by atoms with Crippen LogP contribution in [0.2, 0.25) is 0 Å². The Morgan fingerprint density at radius 2 is 1.82 bits per heavy atom. The maximum atomic E-state index is 11.8. The number of phenols is 1. The largest absolute Gasteiger partial charge is 0.507 e. The SMILES string of the molecule is COC(=O)C1CC2(C1)CC(N1CCC(c3ccnc(N4CCC5=C(c6cc(-c7ccccc7O)nnc6C5)[C@H]4C)n3)CC1)C2. The minimum absolute atomic E-state index is 0.0269. The summed E-state index contributed by atoms with van der Waals surface area (Å²) < 4.78 is 4.94. The number of nitrogens with zero attached hydrogens (tertiary/aromatic N) is 6. The van der Waals surface area contributed by atoms with Gasteiger partial charge in [0.25, 0.3) is 0 Å². The van der Waals surface area contributed by atoms with Gasteiger partial charge in [0.1, 0.15) is 5.75 Å². The van der Waals surface area contributed by atoms with E-state index >= 15 is 0 Å². The van der Waals surface area contributed by atoms with Crippen molar-refractivity contribution in [3.63, 3.8) is 0 Å². The number of likely N-dealkylation sites (tertiary alicyclic amines) is 1. The number of hydrogen-bond acceptors (Lipinski definition) is 9. The molecular formula is C35H40N6O3. The number of anilines is 1. The maximum absolute atomic E-state index is 11.8. The van der Waals surface area contributed by atoms with Crippen LogP contribution >= 0.6 is 0 Å². The van der Waals surface area contributed by atoms with Crippen molar-refractivity contribution in [1.82, 2.24) is 25.1 Å². The second kappa shape index (κ2) is 10.6. The molecule has 3 aliphatic carbocycles. The molecule has 44 heavy (non-hydrogen) atoms. The molecule has 8 rings (SSSR count). The average molecular weight is 593 g/mol. The van der Waals surface area contributed by atoms with Gasteiger partial charge < -0.3 is 19.6 Å². The summed E-state index contributed by atoms with van der Waals surface area (Å²) >= 11 is 0. The molecule has 1 spiro atoms. The Labute approximate surface area is 258 Å². The van der Waals surface area contributed by atoms with Crippen LogP contribution in [-0.4, -0.2) is 75.0 Å². The fourth-order valence-corrected chi connectivity index (χ4v) is 8.85. The number of para-hydroxylation sites is 1. The minimum Gasteiger partial charge on any atom is -0.507 e. The van der Waals surface area contributed by atoms with Gasteiger partial charge in [-0.1, -0.05) is 17.7 Å². The van der Waals surface area contributed by atoms with Crippen molar-refractivity contribution in [2.24, 2.45) is 11.3 Å². The smallest absolute Gasteiger partial charge is 0.308 e. The topological polar surface area (TPSA) is 105 Å². The number of methoxy groups -OCH3 is 1. The first-order valence-electron chi connectivity index (χ1n) is 16.2. The third kappa shape index (κ3) is 4.59. The van der Waals surface area contributed by atoms with E-state index in [1.165, 1.54) is 31.1 Å². The van der Waals surface area contributed by atoms with Crippen LogP contribution in [0.3, 0.4) is 0 Å². The van der Waals surface area contributed by atoms with Gasteiger partial charge in [-0.2, -0.15) is 10.2 Å². The Balaban J connectivity index is 0.931. The van der Waals surface area contributed by atoms with E-state index in [-0.39, 0.29) is 23.7 Å². The number of ether oxygens (including phenoxy) is 1. The first kappa shape index (κ1) is 27.7. The molecule has 2 saturated carbocycles. The van der Waals surface area contributed by atoms with E-state index in [1.54, 1.807) is 6.07 Å². The van der Waals surface area contributed by atoms with E-state index in [9.17, 15) is 9.90 Å². The number of rotatable bonds is 5. The number of carbonyl (C=O) groups is 1. The van der Waals surface area contributed by atoms with Crippen molar-refractivity contribution >= 4 is 17.5 Å². The van der Waals surface area contributed by atoms with Gasteiger partial charge in [0.05, 0.1) is 30.5 Å². The Morgan fingerprint density at radius 3 is 2.59 bits per heavy atom. The zero-order valence-corrected chi connectivity index (χ0v) is 25.6. The molecule has 3 aromatic rings. The van der Waals surface area contributed by atoms with Crippen LogP contribution in [0.1, 0.15) is 74.7 Å². The van der Waals surface area contributed by atoms with Crippen molar-refractivity contribution in [1.29, 1.82) is 0 Å². The highest BCUT2D eigenvalue weighted by Gasteiger charge is 2.56. The van der Waals surface area contributed by atoms with Crippen molar-refractivity contribution in [2.45, 2.75) is 76.3 Å². The van der Waals surface area contributed by atoms with Crippen LogP contribution in [0.15, 0.2) is 48.2 Å². The van der Waals surface area contributed by atoms with E-state index in [0.717, 1.165) is 81.1 Å². The molecule has 9 nitrogen and oxygen atoms in total. The van der Waals surface area contributed by atoms with Gasteiger partial charge >= 0.3 is 5.97 Å². The molecule has 9 heteroatoms. The molecule has 2 aromatic heterocycles. The molecule has 228 valence electrons. The van der Waals surface area contributed by atoms with E-state index in [1.807, 2.05) is 24.4 Å². The van der Waals surface area contributed by atoms with Crippen LogP contribution in [0.25, 0.3) is 16.8 Å². The summed E-state index contributed by atoms with van der Waals surface area (Å²) in [6.45, 7) is 5.35. The number of esters is 1. The van der Waals surface area contributed by atoms with E-state index in [2.05, 4.69) is 39.1 Å². The van der Waals surface area contributed by atoms with Gasteiger partial charge in [0.15, 0.2) is 0 Å². The molecule has 1 atom stereocenters. The number of piperidine rings is 1. The highest BCUT2D eigenvalue weighted by molar-refractivity contribution is 5.83. The lowest BCUT2D eigenvalue weighted by molar-refractivity contribution is -0.163. The zero-order valence-electron chi connectivity index (χ0n) is 25.6. The van der Waals surface area contributed by atoms with Crippen LogP contribution in [0, 0.1) is 11.3 Å². The number of fused-ring (bicyclic) bond motifs is 2. The van der Waals surface area contributed by atoms with Crippen molar-refractivity contribution < 1.29 is 14.6 Å². The van der Waals surface area contributed by atoms with Crippen molar-refractivity contribution in [3.8, 4) is 17.0 Å². The number of benzene rings is 1. The van der Waals surface area contributed by atoms with Crippen LogP contribution in [0.4, 0.5) is 5.95 Å². The monoisotopic (exact) mass is 592 g/mol. The fraction of sp³-hybridized carbons (Fsp3) is 0.514. The van der Waals surface area contributed by atoms with Gasteiger partial charge in [0, 0.05) is 47.9 Å². The lowest BCUT2D eigenvalue weighted by Crippen LogP contribution is -2.58. The summed E-state index contributed by atoms with van der Waals surface area (Å²) in [5, 5.41) is 19.5. The summed E-state index contributed by atoms with van der Waals surface area (Å²) in [5.41, 5.74) is 7.84.